The lowest BCUT2D eigenvalue weighted by atomic mass is 9.96. The van der Waals surface area contributed by atoms with Crippen molar-refractivity contribution >= 4 is 22.9 Å². The first kappa shape index (κ1) is 16.4. The Kier molecular flexibility index (Phi) is 4.46. The van der Waals surface area contributed by atoms with E-state index in [1.54, 1.807) is 4.90 Å². The Labute approximate surface area is 141 Å². The molecule has 0 spiro atoms. The molecule has 24 heavy (non-hydrogen) atoms. The van der Waals surface area contributed by atoms with Crippen LogP contribution in [0.1, 0.15) is 37.1 Å². The summed E-state index contributed by atoms with van der Waals surface area (Å²) in [5, 5.41) is 4.05. The van der Waals surface area contributed by atoms with Crippen LogP contribution in [-0.4, -0.2) is 29.9 Å². The largest absolute Gasteiger partial charge is 0.459 e. The molecule has 2 heterocycles. The Bertz CT molecular complexity index is 760. The van der Waals surface area contributed by atoms with Gasteiger partial charge in [0.1, 0.15) is 11.3 Å². The molecule has 0 saturated carbocycles. The number of hydrogen-bond donors (Lipinski definition) is 2. The smallest absolute Gasteiger partial charge is 0.317 e. The Morgan fingerprint density at radius 1 is 1.29 bits per heavy atom. The van der Waals surface area contributed by atoms with Gasteiger partial charge in [-0.1, -0.05) is 18.2 Å². The van der Waals surface area contributed by atoms with Crippen LogP contribution < -0.4 is 11.1 Å². The van der Waals surface area contributed by atoms with Gasteiger partial charge in [-0.15, -0.1) is 0 Å². The van der Waals surface area contributed by atoms with Gasteiger partial charge in [0.2, 0.25) is 5.91 Å². The third-order valence-corrected chi connectivity index (χ3v) is 4.80. The summed E-state index contributed by atoms with van der Waals surface area (Å²) in [6, 6.07) is 7.49. The number of carbonyl (C=O) groups is 2. The van der Waals surface area contributed by atoms with Crippen LogP contribution in [0.2, 0.25) is 0 Å². The molecule has 6 heteroatoms. The molecule has 6 nitrogen and oxygen atoms in total. The van der Waals surface area contributed by atoms with E-state index in [1.165, 1.54) is 0 Å². The van der Waals surface area contributed by atoms with Crippen molar-refractivity contribution in [2.24, 2.45) is 11.7 Å². The molecule has 1 aliphatic heterocycles. The second-order valence-corrected chi connectivity index (χ2v) is 6.42. The van der Waals surface area contributed by atoms with Crippen molar-refractivity contribution in [3.63, 3.8) is 0 Å². The molecule has 0 radical (unpaired) electrons. The van der Waals surface area contributed by atoms with Crippen LogP contribution in [0.15, 0.2) is 28.7 Å². The zero-order valence-corrected chi connectivity index (χ0v) is 14.0. The Morgan fingerprint density at radius 3 is 2.58 bits per heavy atom. The minimum atomic E-state index is -0.277. The average Bonchev–Trinajstić information content (AvgIpc) is 2.92. The van der Waals surface area contributed by atoms with Gasteiger partial charge >= 0.3 is 6.03 Å². The third kappa shape index (κ3) is 3.09. The second-order valence-electron chi connectivity index (χ2n) is 6.42. The van der Waals surface area contributed by atoms with Crippen LogP contribution in [-0.2, 0) is 4.79 Å². The lowest BCUT2D eigenvalue weighted by molar-refractivity contribution is -0.123. The predicted molar refractivity (Wildman–Crippen MR) is 91.4 cm³/mol. The molecule has 2 aromatic rings. The lowest BCUT2D eigenvalue weighted by Gasteiger charge is -2.31. The molecular weight excluding hydrogens is 306 g/mol. The number of benzene rings is 1. The lowest BCUT2D eigenvalue weighted by Crippen LogP contribution is -2.46. The van der Waals surface area contributed by atoms with E-state index in [2.05, 4.69) is 5.32 Å². The van der Waals surface area contributed by atoms with Gasteiger partial charge in [-0.2, -0.15) is 0 Å². The van der Waals surface area contributed by atoms with Crippen molar-refractivity contribution < 1.29 is 14.0 Å². The molecule has 1 aromatic heterocycles. The van der Waals surface area contributed by atoms with Gasteiger partial charge in [0.15, 0.2) is 0 Å². The number of nitrogens with zero attached hydrogens (tertiary/aromatic N) is 1. The first-order valence-corrected chi connectivity index (χ1v) is 8.30. The first-order chi connectivity index (χ1) is 11.5. The second kappa shape index (κ2) is 6.55. The summed E-state index contributed by atoms with van der Waals surface area (Å²) in [6.45, 7) is 5.01. The molecule has 1 fully saturated rings. The molecule has 3 N–H and O–H groups in total. The molecule has 128 valence electrons. The number of nitrogens with one attached hydrogen (secondary N) is 1. The van der Waals surface area contributed by atoms with E-state index in [4.69, 9.17) is 10.2 Å². The minimum Gasteiger partial charge on any atom is -0.459 e. The SMILES string of the molecule is Cc1c([C@H](C)NC(=O)N2CCC(C(N)=O)CC2)oc2ccccc12. The molecule has 1 atom stereocenters. The molecule has 1 saturated heterocycles. The summed E-state index contributed by atoms with van der Waals surface area (Å²) in [6.07, 6.45) is 1.25. The molecule has 3 rings (SSSR count). The summed E-state index contributed by atoms with van der Waals surface area (Å²) in [7, 11) is 0. The van der Waals surface area contributed by atoms with Crippen molar-refractivity contribution in [1.29, 1.82) is 0 Å². The maximum atomic E-state index is 12.4. The highest BCUT2D eigenvalue weighted by Gasteiger charge is 2.27. The van der Waals surface area contributed by atoms with E-state index in [1.807, 2.05) is 38.1 Å². The van der Waals surface area contributed by atoms with Crippen LogP contribution in [0, 0.1) is 12.8 Å². The molecular formula is C18H23N3O3. The maximum absolute atomic E-state index is 12.4. The summed E-state index contributed by atoms with van der Waals surface area (Å²) in [5.74, 6) is 0.377. The van der Waals surface area contributed by atoms with Crippen molar-refractivity contribution in [2.45, 2.75) is 32.7 Å². The topological polar surface area (TPSA) is 88.6 Å². The van der Waals surface area contributed by atoms with E-state index >= 15 is 0 Å². The van der Waals surface area contributed by atoms with Crippen LogP contribution in [0.4, 0.5) is 4.79 Å². The van der Waals surface area contributed by atoms with E-state index in [0.29, 0.717) is 25.9 Å². The van der Waals surface area contributed by atoms with Gasteiger partial charge in [0.25, 0.3) is 0 Å². The monoisotopic (exact) mass is 329 g/mol. The summed E-state index contributed by atoms with van der Waals surface area (Å²) < 4.78 is 5.90. The van der Waals surface area contributed by atoms with E-state index < -0.39 is 0 Å². The summed E-state index contributed by atoms with van der Waals surface area (Å²) >= 11 is 0. The first-order valence-electron chi connectivity index (χ1n) is 8.30. The Hall–Kier alpha value is -2.50. The van der Waals surface area contributed by atoms with E-state index in [0.717, 1.165) is 22.3 Å². The Morgan fingerprint density at radius 2 is 1.96 bits per heavy atom. The van der Waals surface area contributed by atoms with Gasteiger partial charge < -0.3 is 20.4 Å². The fourth-order valence-electron chi connectivity index (χ4n) is 3.32. The molecule has 0 unspecified atom stereocenters. The molecule has 1 aliphatic rings. The van der Waals surface area contributed by atoms with Crippen molar-refractivity contribution in [3.8, 4) is 0 Å². The fraction of sp³-hybridized carbons (Fsp3) is 0.444. The number of likely N-dealkylation sites (tertiary alicyclic amines) is 1. The van der Waals surface area contributed by atoms with Gasteiger partial charge in [0.05, 0.1) is 6.04 Å². The summed E-state index contributed by atoms with van der Waals surface area (Å²) in [5.41, 5.74) is 7.20. The molecule has 3 amide bonds. The highest BCUT2D eigenvalue weighted by atomic mass is 16.3. The number of rotatable bonds is 3. The van der Waals surface area contributed by atoms with Crippen LogP contribution >= 0.6 is 0 Å². The quantitative estimate of drug-likeness (QED) is 0.907. The number of carbonyl (C=O) groups excluding carboxylic acids is 2. The highest BCUT2D eigenvalue weighted by molar-refractivity contribution is 5.82. The van der Waals surface area contributed by atoms with Crippen LogP contribution in [0.3, 0.4) is 0 Å². The number of nitrogens with two attached hydrogens (primary N) is 1. The van der Waals surface area contributed by atoms with Crippen LogP contribution in [0.5, 0.6) is 0 Å². The van der Waals surface area contributed by atoms with E-state index in [9.17, 15) is 9.59 Å². The van der Waals surface area contributed by atoms with Gasteiger partial charge in [-0.05, 0) is 32.8 Å². The van der Waals surface area contributed by atoms with Gasteiger partial charge in [-0.3, -0.25) is 4.79 Å². The zero-order valence-electron chi connectivity index (χ0n) is 14.0. The Balaban J connectivity index is 1.66. The molecule has 0 aliphatic carbocycles. The number of fused-ring (bicyclic) bond motifs is 1. The standard InChI is InChI=1S/C18H23N3O3/c1-11-14-5-3-4-6-15(14)24-16(11)12(2)20-18(23)21-9-7-13(8-10-21)17(19)22/h3-6,12-13H,7-10H2,1-2H3,(H2,19,22)(H,20,23)/t12-/m0/s1. The number of amides is 3. The third-order valence-electron chi connectivity index (χ3n) is 4.80. The van der Waals surface area contributed by atoms with Crippen LogP contribution in [0.25, 0.3) is 11.0 Å². The minimum absolute atomic E-state index is 0.121. The average molecular weight is 329 g/mol. The number of aryl methyl sites for hydroxylation is 1. The normalized spacial score (nSPS) is 17.0. The number of para-hydroxylation sites is 1. The summed E-state index contributed by atoms with van der Waals surface area (Å²) in [4.78, 5) is 25.4. The van der Waals surface area contributed by atoms with Crippen molar-refractivity contribution in [1.82, 2.24) is 10.2 Å². The highest BCUT2D eigenvalue weighted by Crippen LogP contribution is 2.29. The molecule has 0 bridgehead atoms. The fourth-order valence-corrected chi connectivity index (χ4v) is 3.32. The van der Waals surface area contributed by atoms with E-state index in [-0.39, 0.29) is 23.9 Å². The van der Waals surface area contributed by atoms with Gasteiger partial charge in [-0.25, -0.2) is 4.79 Å². The number of primary amides is 1. The molecule has 1 aromatic carbocycles. The number of furan rings is 1. The van der Waals surface area contributed by atoms with Crippen molar-refractivity contribution in [2.75, 3.05) is 13.1 Å². The number of urea groups is 1. The number of hydrogen-bond acceptors (Lipinski definition) is 3. The predicted octanol–water partition coefficient (Wildman–Crippen LogP) is 2.71. The van der Waals surface area contributed by atoms with Gasteiger partial charge in [0, 0.05) is 30.0 Å². The zero-order chi connectivity index (χ0) is 17.3. The maximum Gasteiger partial charge on any atom is 0.317 e. The number of piperidine rings is 1. The van der Waals surface area contributed by atoms with Crippen molar-refractivity contribution in [3.05, 3.63) is 35.6 Å².